The maximum atomic E-state index is 10.9. The van der Waals surface area contributed by atoms with Gasteiger partial charge in [0.25, 0.3) is 0 Å². The van der Waals surface area contributed by atoms with Crippen molar-refractivity contribution in [2.75, 3.05) is 18.6 Å². The van der Waals surface area contributed by atoms with Gasteiger partial charge in [0.1, 0.15) is 16.5 Å². The van der Waals surface area contributed by atoms with Gasteiger partial charge >= 0.3 is 0 Å². The van der Waals surface area contributed by atoms with E-state index in [1.165, 1.54) is 16.2 Å². The molecule has 124 valence electrons. The Balaban J connectivity index is 1.94. The van der Waals surface area contributed by atoms with Crippen LogP contribution in [0.5, 0.6) is 5.75 Å². The molecule has 0 aliphatic heterocycles. The molecule has 0 bridgehead atoms. The summed E-state index contributed by atoms with van der Waals surface area (Å²) in [7, 11) is 1.63. The summed E-state index contributed by atoms with van der Waals surface area (Å²) in [4.78, 5) is 21.2. The monoisotopic (exact) mass is 361 g/mol. The molecular formula is C17H16ClN3O2S. The minimum atomic E-state index is 0.272. The van der Waals surface area contributed by atoms with E-state index in [9.17, 15) is 4.79 Å². The molecule has 24 heavy (non-hydrogen) atoms. The van der Waals surface area contributed by atoms with E-state index in [4.69, 9.17) is 16.3 Å². The molecule has 1 aromatic carbocycles. The third-order valence-corrected chi connectivity index (χ3v) is 4.74. The molecule has 1 amide bonds. The Bertz CT molecular complexity index is 881. The Hall–Kier alpha value is -2.18. The first-order valence-corrected chi connectivity index (χ1v) is 8.70. The number of halogens is 1. The van der Waals surface area contributed by atoms with Gasteiger partial charge in [-0.25, -0.2) is 9.97 Å². The maximum Gasteiger partial charge on any atom is 0.213 e. The van der Waals surface area contributed by atoms with Crippen LogP contribution in [0.25, 0.3) is 20.9 Å². The fraction of sp³-hybridized carbons (Fsp3) is 0.235. The Morgan fingerprint density at radius 2 is 2.12 bits per heavy atom. The number of hydrogen-bond acceptors (Lipinski definition) is 5. The van der Waals surface area contributed by atoms with Gasteiger partial charge < -0.3 is 9.64 Å². The molecule has 0 saturated heterocycles. The van der Waals surface area contributed by atoms with E-state index in [0.29, 0.717) is 24.4 Å². The van der Waals surface area contributed by atoms with Gasteiger partial charge in [-0.15, -0.1) is 11.3 Å². The number of rotatable bonds is 6. The van der Waals surface area contributed by atoms with Crippen molar-refractivity contribution in [2.24, 2.45) is 0 Å². The average molecular weight is 362 g/mol. The predicted octanol–water partition coefficient (Wildman–Crippen LogP) is 4.39. The average Bonchev–Trinajstić information content (AvgIpc) is 3.02. The van der Waals surface area contributed by atoms with Crippen LogP contribution in [0.4, 0.5) is 5.69 Å². The number of ether oxygens (including phenoxy) is 1. The first-order chi connectivity index (χ1) is 11.6. The number of pyridine rings is 1. The number of anilines is 1. The quantitative estimate of drug-likeness (QED) is 0.482. The van der Waals surface area contributed by atoms with Crippen molar-refractivity contribution in [3.8, 4) is 16.5 Å². The van der Waals surface area contributed by atoms with Crippen molar-refractivity contribution in [3.63, 3.8) is 0 Å². The Labute approximate surface area is 148 Å². The van der Waals surface area contributed by atoms with E-state index in [2.05, 4.69) is 16.9 Å². The van der Waals surface area contributed by atoms with E-state index in [0.717, 1.165) is 27.4 Å². The van der Waals surface area contributed by atoms with Crippen LogP contribution in [-0.2, 0) is 4.79 Å². The third-order valence-electron chi connectivity index (χ3n) is 3.42. The van der Waals surface area contributed by atoms with E-state index in [-0.39, 0.29) is 5.15 Å². The second kappa shape index (κ2) is 7.15. The molecule has 0 saturated carbocycles. The fourth-order valence-corrected chi connectivity index (χ4v) is 3.44. The van der Waals surface area contributed by atoms with Gasteiger partial charge in [0.05, 0.1) is 22.5 Å². The predicted molar refractivity (Wildman–Crippen MR) is 98.1 cm³/mol. The Morgan fingerprint density at radius 3 is 2.83 bits per heavy atom. The van der Waals surface area contributed by atoms with Gasteiger partial charge in [0, 0.05) is 7.05 Å². The van der Waals surface area contributed by atoms with Crippen LogP contribution >= 0.6 is 22.9 Å². The summed E-state index contributed by atoms with van der Waals surface area (Å²) in [5.74, 6) is 0.841. The Kier molecular flexibility index (Phi) is 4.97. The van der Waals surface area contributed by atoms with Crippen LogP contribution in [0.1, 0.15) is 13.3 Å². The number of fused-ring (bicyclic) bond motifs is 1. The van der Waals surface area contributed by atoms with Gasteiger partial charge in [0.2, 0.25) is 6.41 Å². The summed E-state index contributed by atoms with van der Waals surface area (Å²) in [6.07, 6.45) is 1.66. The normalized spacial score (nSPS) is 10.8. The largest absolute Gasteiger partial charge is 0.494 e. The van der Waals surface area contributed by atoms with Gasteiger partial charge in [-0.3, -0.25) is 4.79 Å². The summed E-state index contributed by atoms with van der Waals surface area (Å²) in [6, 6.07) is 9.43. The number of carbonyl (C=O) groups is 1. The number of amides is 1. The molecule has 3 aromatic rings. The molecule has 0 fully saturated rings. The molecule has 0 aliphatic rings. The zero-order valence-electron chi connectivity index (χ0n) is 13.3. The van der Waals surface area contributed by atoms with Crippen molar-refractivity contribution in [2.45, 2.75) is 13.3 Å². The van der Waals surface area contributed by atoms with Crippen molar-refractivity contribution in [3.05, 3.63) is 35.5 Å². The first-order valence-electron chi connectivity index (χ1n) is 7.51. The summed E-state index contributed by atoms with van der Waals surface area (Å²) < 4.78 is 6.69. The fourth-order valence-electron chi connectivity index (χ4n) is 2.19. The highest BCUT2D eigenvalue weighted by atomic mass is 35.5. The molecule has 0 spiro atoms. The minimum Gasteiger partial charge on any atom is -0.494 e. The SMILES string of the molecule is CCCOc1ccc2nc(-c3ccc(N(C)C=O)c(Cl)n3)sc2c1. The number of thiazole rings is 1. The molecule has 2 aromatic heterocycles. The van der Waals surface area contributed by atoms with E-state index in [1.807, 2.05) is 24.3 Å². The van der Waals surface area contributed by atoms with Gasteiger partial charge in [-0.2, -0.15) is 0 Å². The zero-order chi connectivity index (χ0) is 17.1. The van der Waals surface area contributed by atoms with E-state index in [1.54, 1.807) is 13.1 Å². The second-order valence-corrected chi connectivity index (χ2v) is 6.61. The highest BCUT2D eigenvalue weighted by molar-refractivity contribution is 7.21. The minimum absolute atomic E-state index is 0.272. The smallest absolute Gasteiger partial charge is 0.213 e. The molecular weight excluding hydrogens is 346 g/mol. The lowest BCUT2D eigenvalue weighted by molar-refractivity contribution is -0.107. The summed E-state index contributed by atoms with van der Waals surface area (Å²) in [6.45, 7) is 2.77. The summed E-state index contributed by atoms with van der Waals surface area (Å²) in [5, 5.41) is 1.05. The van der Waals surface area contributed by atoms with Gasteiger partial charge in [-0.1, -0.05) is 18.5 Å². The second-order valence-electron chi connectivity index (χ2n) is 5.22. The highest BCUT2D eigenvalue weighted by Crippen LogP contribution is 2.33. The molecule has 0 atom stereocenters. The number of aromatic nitrogens is 2. The standard InChI is InChI=1S/C17H16ClN3O2S/c1-3-8-23-11-4-5-12-15(9-11)24-17(20-12)13-6-7-14(16(18)19-13)21(2)10-22/h4-7,9-10H,3,8H2,1-2H3. The van der Waals surface area contributed by atoms with Crippen molar-refractivity contribution < 1.29 is 9.53 Å². The van der Waals surface area contributed by atoms with Crippen LogP contribution in [0, 0.1) is 0 Å². The highest BCUT2D eigenvalue weighted by Gasteiger charge is 2.12. The lowest BCUT2D eigenvalue weighted by Crippen LogP contribution is -2.14. The topological polar surface area (TPSA) is 55.3 Å². The maximum absolute atomic E-state index is 10.9. The number of benzene rings is 1. The first kappa shape index (κ1) is 16.7. The van der Waals surface area contributed by atoms with Crippen LogP contribution in [0.2, 0.25) is 5.15 Å². The van der Waals surface area contributed by atoms with Crippen molar-refractivity contribution in [1.29, 1.82) is 0 Å². The van der Waals surface area contributed by atoms with Crippen LogP contribution < -0.4 is 9.64 Å². The number of hydrogen-bond donors (Lipinski definition) is 0. The lowest BCUT2D eigenvalue weighted by Gasteiger charge is -2.12. The van der Waals surface area contributed by atoms with Crippen LogP contribution in [0.15, 0.2) is 30.3 Å². The summed E-state index contributed by atoms with van der Waals surface area (Å²) >= 11 is 7.71. The molecule has 0 N–H and O–H groups in total. The Morgan fingerprint density at radius 1 is 1.29 bits per heavy atom. The molecule has 2 heterocycles. The molecule has 5 nitrogen and oxygen atoms in total. The van der Waals surface area contributed by atoms with Crippen LogP contribution in [0.3, 0.4) is 0 Å². The van der Waals surface area contributed by atoms with Gasteiger partial charge in [-0.05, 0) is 36.8 Å². The molecule has 0 radical (unpaired) electrons. The van der Waals surface area contributed by atoms with E-state index < -0.39 is 0 Å². The molecule has 7 heteroatoms. The summed E-state index contributed by atoms with van der Waals surface area (Å²) in [5.41, 5.74) is 2.14. The third kappa shape index (κ3) is 3.34. The number of carbonyl (C=O) groups excluding carboxylic acids is 1. The van der Waals surface area contributed by atoms with Gasteiger partial charge in [0.15, 0.2) is 5.15 Å². The molecule has 0 aliphatic carbocycles. The molecule has 0 unspecified atom stereocenters. The van der Waals surface area contributed by atoms with Crippen molar-refractivity contribution >= 4 is 45.3 Å². The number of nitrogens with zero attached hydrogens (tertiary/aromatic N) is 3. The zero-order valence-corrected chi connectivity index (χ0v) is 14.9. The van der Waals surface area contributed by atoms with Crippen molar-refractivity contribution in [1.82, 2.24) is 9.97 Å². The lowest BCUT2D eigenvalue weighted by atomic mass is 10.3. The van der Waals surface area contributed by atoms with Crippen LogP contribution in [-0.4, -0.2) is 30.0 Å². The molecule has 3 rings (SSSR count). The van der Waals surface area contributed by atoms with E-state index >= 15 is 0 Å².